The molecule has 4 nitrogen and oxygen atoms in total. The molecule has 1 atom stereocenters. The van der Waals surface area contributed by atoms with Crippen LogP contribution >= 0.6 is 0 Å². The predicted molar refractivity (Wildman–Crippen MR) is 57.2 cm³/mol. The van der Waals surface area contributed by atoms with Gasteiger partial charge in [0.2, 0.25) is 0 Å². The molecule has 0 aromatic heterocycles. The maximum Gasteiger partial charge on any atom is 0.250 e. The fourth-order valence-corrected chi connectivity index (χ4v) is 1.59. The highest BCUT2D eigenvalue weighted by atomic mass is 16.5. The molecular formula is C11H19NO3. The Hall–Kier alpha value is -1.03. The summed E-state index contributed by atoms with van der Waals surface area (Å²) in [5.74, 6) is 0.670. The topological polar surface area (TPSA) is 58.6 Å². The number of ether oxygens (including phenoxy) is 1. The third kappa shape index (κ3) is 3.55. The number of aliphatic hydroxyl groups excluding tert-OH is 1. The van der Waals surface area contributed by atoms with E-state index in [1.54, 1.807) is 0 Å². The smallest absolute Gasteiger partial charge is 0.250 e. The van der Waals surface area contributed by atoms with Gasteiger partial charge in [-0.15, -0.1) is 0 Å². The van der Waals surface area contributed by atoms with Crippen molar-refractivity contribution < 1.29 is 14.6 Å². The van der Waals surface area contributed by atoms with Crippen LogP contribution in [0.25, 0.3) is 0 Å². The summed E-state index contributed by atoms with van der Waals surface area (Å²) in [5, 5.41) is 11.6. The molecule has 0 bridgehead atoms. The molecule has 0 saturated carbocycles. The van der Waals surface area contributed by atoms with Crippen LogP contribution < -0.4 is 5.32 Å². The van der Waals surface area contributed by atoms with Gasteiger partial charge in [0.1, 0.15) is 5.76 Å². The van der Waals surface area contributed by atoms with Crippen LogP contribution in [0.15, 0.2) is 11.3 Å². The standard InChI is InChI=1S/C11H19NO3/c1-8(5-6-13)12-11(14)10-4-3-7-15-9(10)2/h8,13H,3-7H2,1-2H3,(H,12,14)/t8-/m0/s1. The SMILES string of the molecule is CC1=C(C(=O)N[C@@H](C)CCO)CCCO1. The van der Waals surface area contributed by atoms with Gasteiger partial charge in [-0.25, -0.2) is 0 Å². The lowest BCUT2D eigenvalue weighted by Gasteiger charge is -2.20. The van der Waals surface area contributed by atoms with Crippen molar-refractivity contribution in [3.05, 3.63) is 11.3 Å². The van der Waals surface area contributed by atoms with Crippen molar-refractivity contribution in [3.63, 3.8) is 0 Å². The molecule has 1 amide bonds. The summed E-state index contributed by atoms with van der Waals surface area (Å²) in [5.41, 5.74) is 0.742. The second-order valence-corrected chi connectivity index (χ2v) is 3.87. The first-order chi connectivity index (χ1) is 7.15. The zero-order chi connectivity index (χ0) is 11.3. The minimum absolute atomic E-state index is 0.00438. The van der Waals surface area contributed by atoms with E-state index in [-0.39, 0.29) is 18.6 Å². The minimum atomic E-state index is -0.0619. The summed E-state index contributed by atoms with van der Waals surface area (Å²) < 4.78 is 5.32. The highest BCUT2D eigenvalue weighted by molar-refractivity contribution is 5.94. The maximum atomic E-state index is 11.8. The van der Waals surface area contributed by atoms with Crippen LogP contribution in [0.3, 0.4) is 0 Å². The molecule has 0 saturated heterocycles. The molecule has 1 aliphatic heterocycles. The third-order valence-electron chi connectivity index (χ3n) is 2.53. The van der Waals surface area contributed by atoms with Crippen LogP contribution in [0.4, 0.5) is 0 Å². The van der Waals surface area contributed by atoms with E-state index < -0.39 is 0 Å². The number of amides is 1. The van der Waals surface area contributed by atoms with Crippen LogP contribution in [0, 0.1) is 0 Å². The first-order valence-corrected chi connectivity index (χ1v) is 5.39. The molecule has 0 spiro atoms. The average molecular weight is 213 g/mol. The van der Waals surface area contributed by atoms with Crippen LogP contribution in [0.1, 0.15) is 33.1 Å². The number of hydrogen-bond acceptors (Lipinski definition) is 3. The first-order valence-electron chi connectivity index (χ1n) is 5.39. The number of aliphatic hydroxyl groups is 1. The average Bonchev–Trinajstić information content (AvgIpc) is 2.18. The quantitative estimate of drug-likeness (QED) is 0.731. The molecule has 1 aliphatic rings. The van der Waals surface area contributed by atoms with Crippen molar-refractivity contribution in [1.82, 2.24) is 5.32 Å². The van der Waals surface area contributed by atoms with Gasteiger partial charge in [-0.05, 0) is 33.1 Å². The van der Waals surface area contributed by atoms with Gasteiger partial charge in [-0.2, -0.15) is 0 Å². The number of carbonyl (C=O) groups excluding carboxylic acids is 1. The van der Waals surface area contributed by atoms with Gasteiger partial charge in [0.15, 0.2) is 0 Å². The zero-order valence-corrected chi connectivity index (χ0v) is 9.38. The Morgan fingerprint density at radius 1 is 1.67 bits per heavy atom. The molecule has 0 radical (unpaired) electrons. The molecule has 0 aromatic rings. The predicted octanol–water partition coefficient (Wildman–Crippen LogP) is 0.958. The van der Waals surface area contributed by atoms with Crippen molar-refractivity contribution in [2.45, 2.75) is 39.2 Å². The summed E-state index contributed by atoms with van der Waals surface area (Å²) >= 11 is 0. The van der Waals surface area contributed by atoms with Gasteiger partial charge < -0.3 is 15.2 Å². The van der Waals surface area contributed by atoms with Gasteiger partial charge in [0.25, 0.3) is 5.91 Å². The monoisotopic (exact) mass is 213 g/mol. The Balaban J connectivity index is 2.52. The molecule has 15 heavy (non-hydrogen) atoms. The summed E-state index contributed by atoms with van der Waals surface area (Å²) in [4.78, 5) is 11.8. The summed E-state index contributed by atoms with van der Waals surface area (Å²) in [6.45, 7) is 4.50. The number of rotatable bonds is 4. The molecule has 1 rings (SSSR count). The lowest BCUT2D eigenvalue weighted by molar-refractivity contribution is -0.118. The van der Waals surface area contributed by atoms with Gasteiger partial charge in [-0.1, -0.05) is 0 Å². The van der Waals surface area contributed by atoms with Crippen molar-refractivity contribution in [3.8, 4) is 0 Å². The van der Waals surface area contributed by atoms with Crippen LogP contribution in [-0.4, -0.2) is 30.3 Å². The summed E-state index contributed by atoms with van der Waals surface area (Å²) in [7, 11) is 0. The van der Waals surface area contributed by atoms with Crippen molar-refractivity contribution in [2.24, 2.45) is 0 Å². The van der Waals surface area contributed by atoms with E-state index in [4.69, 9.17) is 9.84 Å². The Kier molecular flexibility index (Phi) is 4.62. The van der Waals surface area contributed by atoms with Crippen molar-refractivity contribution in [1.29, 1.82) is 0 Å². The second-order valence-electron chi connectivity index (χ2n) is 3.87. The second kappa shape index (κ2) is 5.75. The zero-order valence-electron chi connectivity index (χ0n) is 9.38. The Morgan fingerprint density at radius 3 is 3.00 bits per heavy atom. The Labute approximate surface area is 90.3 Å². The van der Waals surface area contributed by atoms with E-state index >= 15 is 0 Å². The minimum Gasteiger partial charge on any atom is -0.498 e. The Bertz CT molecular complexity index is 261. The highest BCUT2D eigenvalue weighted by Crippen LogP contribution is 2.18. The molecule has 86 valence electrons. The first kappa shape index (κ1) is 12.0. The van der Waals surface area contributed by atoms with Crippen molar-refractivity contribution >= 4 is 5.91 Å². The lowest BCUT2D eigenvalue weighted by Crippen LogP contribution is -2.35. The Morgan fingerprint density at radius 2 is 2.40 bits per heavy atom. The molecule has 4 heteroatoms. The van der Waals surface area contributed by atoms with E-state index in [0.717, 1.165) is 24.2 Å². The largest absolute Gasteiger partial charge is 0.498 e. The fourth-order valence-electron chi connectivity index (χ4n) is 1.59. The van der Waals surface area contributed by atoms with Crippen molar-refractivity contribution in [2.75, 3.05) is 13.2 Å². The number of carbonyl (C=O) groups is 1. The van der Waals surface area contributed by atoms with E-state index in [1.807, 2.05) is 13.8 Å². The van der Waals surface area contributed by atoms with Crippen LogP contribution in [-0.2, 0) is 9.53 Å². The molecule has 0 unspecified atom stereocenters. The molecular weight excluding hydrogens is 194 g/mol. The molecule has 0 fully saturated rings. The van der Waals surface area contributed by atoms with Gasteiger partial charge in [-0.3, -0.25) is 4.79 Å². The third-order valence-corrected chi connectivity index (χ3v) is 2.53. The van der Waals surface area contributed by atoms with E-state index in [0.29, 0.717) is 13.0 Å². The van der Waals surface area contributed by atoms with E-state index in [1.165, 1.54) is 0 Å². The lowest BCUT2D eigenvalue weighted by atomic mass is 10.1. The highest BCUT2D eigenvalue weighted by Gasteiger charge is 2.18. The van der Waals surface area contributed by atoms with Crippen LogP contribution in [0.5, 0.6) is 0 Å². The van der Waals surface area contributed by atoms with E-state index in [9.17, 15) is 4.79 Å². The van der Waals surface area contributed by atoms with E-state index in [2.05, 4.69) is 5.32 Å². The summed E-state index contributed by atoms with van der Waals surface area (Å²) in [6, 6.07) is 0.00438. The summed E-state index contributed by atoms with van der Waals surface area (Å²) in [6.07, 6.45) is 2.26. The number of allylic oxidation sites excluding steroid dienone is 1. The maximum absolute atomic E-state index is 11.8. The number of hydrogen-bond donors (Lipinski definition) is 2. The molecule has 1 heterocycles. The van der Waals surface area contributed by atoms with Gasteiger partial charge in [0.05, 0.1) is 12.2 Å². The molecule has 2 N–H and O–H groups in total. The normalized spacial score (nSPS) is 18.3. The van der Waals surface area contributed by atoms with Gasteiger partial charge in [0, 0.05) is 12.6 Å². The molecule has 0 aliphatic carbocycles. The van der Waals surface area contributed by atoms with Gasteiger partial charge >= 0.3 is 0 Å². The molecule has 0 aromatic carbocycles. The number of nitrogens with one attached hydrogen (secondary N) is 1. The van der Waals surface area contributed by atoms with Crippen LogP contribution in [0.2, 0.25) is 0 Å². The fraction of sp³-hybridized carbons (Fsp3) is 0.727.